The average molecular weight is 464 g/mol. The first-order valence-corrected chi connectivity index (χ1v) is 10.6. The summed E-state index contributed by atoms with van der Waals surface area (Å²) in [7, 11) is 3.06. The van der Waals surface area contributed by atoms with Crippen molar-refractivity contribution < 1.29 is 19.1 Å². The number of aromatic nitrogens is 2. The highest BCUT2D eigenvalue weighted by Gasteiger charge is 2.21. The average Bonchev–Trinajstić information content (AvgIpc) is 2.98. The van der Waals surface area contributed by atoms with E-state index in [0.717, 1.165) is 11.1 Å². The second-order valence-corrected chi connectivity index (χ2v) is 7.70. The predicted molar refractivity (Wildman–Crippen MR) is 126 cm³/mol. The van der Waals surface area contributed by atoms with Gasteiger partial charge in [-0.1, -0.05) is 12.1 Å². The van der Waals surface area contributed by atoms with Crippen LogP contribution < -0.4 is 25.9 Å². The molecule has 1 aromatic heterocycles. The van der Waals surface area contributed by atoms with Crippen LogP contribution in [0.1, 0.15) is 11.1 Å². The smallest absolute Gasteiger partial charge is 0.316 e. The van der Waals surface area contributed by atoms with Gasteiger partial charge in [0, 0.05) is 19.3 Å². The van der Waals surface area contributed by atoms with E-state index in [4.69, 9.17) is 9.47 Å². The van der Waals surface area contributed by atoms with Crippen molar-refractivity contribution in [1.29, 1.82) is 0 Å². The molecule has 2 heterocycles. The number of hydrogen-bond acceptors (Lipinski definition) is 6. The minimum Gasteiger partial charge on any atom is -0.493 e. The first kappa shape index (κ1) is 22.8. The van der Waals surface area contributed by atoms with E-state index in [2.05, 4.69) is 10.3 Å². The molecule has 34 heavy (non-hydrogen) atoms. The van der Waals surface area contributed by atoms with E-state index in [1.807, 2.05) is 0 Å². The first-order chi connectivity index (χ1) is 16.4. The highest BCUT2D eigenvalue weighted by Crippen LogP contribution is 2.32. The highest BCUT2D eigenvalue weighted by atomic mass is 16.5. The van der Waals surface area contributed by atoms with E-state index in [-0.39, 0.29) is 37.9 Å². The third-order valence-electron chi connectivity index (χ3n) is 5.60. The van der Waals surface area contributed by atoms with Crippen molar-refractivity contribution in [1.82, 2.24) is 19.8 Å². The molecule has 1 aliphatic rings. The Balaban J connectivity index is 1.42. The standard InChI is InChI=1S/C24H24N4O6/c1-33-19-11-15-7-9-27(22(30)13-16(15)12-20(19)34-2)14-21(29)25-8-10-28-18-6-4-3-5-17(18)26-23(31)24(28)32/h3-7,9,11-12H,8,10,13-14H2,1-2H3,(H,25,29)(H,26,31). The van der Waals surface area contributed by atoms with E-state index in [9.17, 15) is 19.2 Å². The molecule has 0 spiro atoms. The van der Waals surface area contributed by atoms with Crippen LogP contribution in [0.15, 0.2) is 52.2 Å². The number of carbonyl (C=O) groups is 2. The number of hydrogen-bond donors (Lipinski definition) is 2. The molecule has 0 bridgehead atoms. The van der Waals surface area contributed by atoms with Crippen molar-refractivity contribution >= 4 is 28.9 Å². The van der Waals surface area contributed by atoms with Gasteiger partial charge in [0.25, 0.3) is 0 Å². The predicted octanol–water partition coefficient (Wildman–Crippen LogP) is 0.879. The zero-order valence-electron chi connectivity index (χ0n) is 18.8. The number of nitrogens with zero attached hydrogens (tertiary/aromatic N) is 2. The van der Waals surface area contributed by atoms with Crippen molar-refractivity contribution in [2.45, 2.75) is 13.0 Å². The van der Waals surface area contributed by atoms with E-state index >= 15 is 0 Å². The summed E-state index contributed by atoms with van der Waals surface area (Å²) in [5.74, 6) is 0.443. The molecule has 2 amide bonds. The number of benzene rings is 2. The first-order valence-electron chi connectivity index (χ1n) is 10.6. The molecule has 3 aromatic rings. The number of carbonyl (C=O) groups excluding carboxylic acids is 2. The van der Waals surface area contributed by atoms with Gasteiger partial charge in [-0.15, -0.1) is 0 Å². The number of rotatable bonds is 7. The lowest BCUT2D eigenvalue weighted by Gasteiger charge is -2.17. The zero-order valence-corrected chi connectivity index (χ0v) is 18.8. The van der Waals surface area contributed by atoms with Crippen LogP contribution in [0.2, 0.25) is 0 Å². The Morgan fingerprint density at radius 2 is 1.82 bits per heavy atom. The molecule has 0 unspecified atom stereocenters. The van der Waals surface area contributed by atoms with Gasteiger partial charge in [-0.2, -0.15) is 0 Å². The maximum atomic E-state index is 12.7. The summed E-state index contributed by atoms with van der Waals surface area (Å²) in [6.45, 7) is 0.0546. The van der Waals surface area contributed by atoms with Crippen molar-refractivity contribution in [3.63, 3.8) is 0 Å². The zero-order chi connectivity index (χ0) is 24.2. The normalized spacial score (nSPS) is 12.9. The summed E-state index contributed by atoms with van der Waals surface area (Å²) in [5.41, 5.74) is 1.25. The Hall–Kier alpha value is -4.34. The Labute approximate surface area is 194 Å². The molecule has 2 aromatic carbocycles. The van der Waals surface area contributed by atoms with Crippen LogP contribution in [0.4, 0.5) is 0 Å². The maximum absolute atomic E-state index is 12.7. The largest absolute Gasteiger partial charge is 0.493 e. The van der Waals surface area contributed by atoms with Crippen LogP contribution in [0.3, 0.4) is 0 Å². The lowest BCUT2D eigenvalue weighted by molar-refractivity contribution is -0.132. The van der Waals surface area contributed by atoms with Crippen molar-refractivity contribution in [3.8, 4) is 11.5 Å². The molecule has 10 nitrogen and oxygen atoms in total. The highest BCUT2D eigenvalue weighted by molar-refractivity contribution is 5.89. The van der Waals surface area contributed by atoms with Gasteiger partial charge in [0.05, 0.1) is 31.7 Å². The van der Waals surface area contributed by atoms with Gasteiger partial charge in [0.1, 0.15) is 6.54 Å². The summed E-state index contributed by atoms with van der Waals surface area (Å²) in [5, 5.41) is 2.71. The quantitative estimate of drug-likeness (QED) is 0.501. The van der Waals surface area contributed by atoms with Crippen LogP contribution in [0.25, 0.3) is 17.1 Å². The molecule has 0 atom stereocenters. The molecule has 0 aliphatic carbocycles. The topological polar surface area (TPSA) is 123 Å². The lowest BCUT2D eigenvalue weighted by Crippen LogP contribution is -2.41. The Morgan fingerprint density at radius 1 is 1.09 bits per heavy atom. The Morgan fingerprint density at radius 3 is 2.59 bits per heavy atom. The molecule has 0 saturated carbocycles. The molecule has 176 valence electrons. The van der Waals surface area contributed by atoms with E-state index in [1.165, 1.54) is 23.7 Å². The number of methoxy groups -OCH3 is 2. The number of ether oxygens (including phenoxy) is 2. The summed E-state index contributed by atoms with van der Waals surface area (Å²) in [4.78, 5) is 53.3. The monoisotopic (exact) mass is 464 g/mol. The fourth-order valence-electron chi connectivity index (χ4n) is 3.87. The number of para-hydroxylation sites is 2. The Kier molecular flexibility index (Phi) is 6.48. The fourth-order valence-corrected chi connectivity index (χ4v) is 3.87. The number of H-pyrrole nitrogens is 1. The maximum Gasteiger partial charge on any atom is 0.316 e. The second-order valence-electron chi connectivity index (χ2n) is 7.70. The Bertz CT molecular complexity index is 1400. The van der Waals surface area contributed by atoms with Crippen LogP contribution in [0, 0.1) is 0 Å². The van der Waals surface area contributed by atoms with Crippen molar-refractivity contribution in [2.24, 2.45) is 0 Å². The number of aromatic amines is 1. The van der Waals surface area contributed by atoms with Crippen LogP contribution >= 0.6 is 0 Å². The lowest BCUT2D eigenvalue weighted by atomic mass is 10.0. The third kappa shape index (κ3) is 4.56. The van der Waals surface area contributed by atoms with Crippen molar-refractivity contribution in [2.75, 3.05) is 27.3 Å². The molecule has 0 radical (unpaired) electrons. The molecule has 1 aliphatic heterocycles. The van der Waals surface area contributed by atoms with E-state index in [1.54, 1.807) is 48.7 Å². The molecule has 2 N–H and O–H groups in total. The number of fused-ring (bicyclic) bond motifs is 2. The number of amides is 2. The molecule has 0 fully saturated rings. The summed E-state index contributed by atoms with van der Waals surface area (Å²) >= 11 is 0. The summed E-state index contributed by atoms with van der Waals surface area (Å²) in [6, 6.07) is 10.5. The van der Waals surface area contributed by atoms with E-state index < -0.39 is 11.1 Å². The van der Waals surface area contributed by atoms with Gasteiger partial charge in [-0.25, -0.2) is 0 Å². The summed E-state index contributed by atoms with van der Waals surface area (Å²) in [6.07, 6.45) is 3.41. The SMILES string of the molecule is COc1cc2c(cc1OC)CC(=O)N(CC(=O)NCCn1c(=O)c(=O)[nH]c3ccccc31)C=C2. The van der Waals surface area contributed by atoms with Crippen LogP contribution in [-0.2, 0) is 22.6 Å². The van der Waals surface area contributed by atoms with Crippen molar-refractivity contribution in [3.05, 3.63) is 74.4 Å². The molecular formula is C24H24N4O6. The van der Waals surface area contributed by atoms with Gasteiger partial charge in [-0.3, -0.25) is 19.2 Å². The van der Waals surface area contributed by atoms with Gasteiger partial charge < -0.3 is 29.2 Å². The van der Waals surface area contributed by atoms with Gasteiger partial charge in [0.2, 0.25) is 11.8 Å². The molecule has 0 saturated heterocycles. The summed E-state index contributed by atoms with van der Waals surface area (Å²) < 4.78 is 11.9. The van der Waals surface area contributed by atoms with Gasteiger partial charge in [0.15, 0.2) is 11.5 Å². The number of nitrogens with one attached hydrogen (secondary N) is 2. The fraction of sp³-hybridized carbons (Fsp3) is 0.250. The minimum atomic E-state index is -0.724. The molecule has 4 rings (SSSR count). The third-order valence-corrected chi connectivity index (χ3v) is 5.60. The molecule has 10 heteroatoms. The van der Waals surface area contributed by atoms with Crippen LogP contribution in [0.5, 0.6) is 11.5 Å². The second kappa shape index (κ2) is 9.65. The van der Waals surface area contributed by atoms with E-state index in [0.29, 0.717) is 22.5 Å². The van der Waals surface area contributed by atoms with Gasteiger partial charge >= 0.3 is 11.1 Å². The minimum absolute atomic E-state index is 0.101. The van der Waals surface area contributed by atoms with Crippen LogP contribution in [-0.4, -0.2) is 53.6 Å². The van der Waals surface area contributed by atoms with Gasteiger partial charge in [-0.05, 0) is 41.5 Å². The molecular weight excluding hydrogens is 440 g/mol.